The molecule has 1 aromatic heterocycles. The van der Waals surface area contributed by atoms with Crippen molar-refractivity contribution >= 4 is 35.2 Å². The number of benzene rings is 3. The summed E-state index contributed by atoms with van der Waals surface area (Å²) < 4.78 is 23.9. The van der Waals surface area contributed by atoms with Gasteiger partial charge in [-0.2, -0.15) is 20.2 Å². The molecule has 0 saturated heterocycles. The van der Waals surface area contributed by atoms with E-state index in [4.69, 9.17) is 15.2 Å². The molecule has 1 heterocycles. The summed E-state index contributed by atoms with van der Waals surface area (Å²) in [6.45, 7) is 0. The summed E-state index contributed by atoms with van der Waals surface area (Å²) in [5.74, 6) is -0.524. The number of nitrogens with two attached hydrogens (primary N) is 1. The molecule has 178 valence electrons. The highest BCUT2D eigenvalue weighted by Gasteiger charge is 2.14. The van der Waals surface area contributed by atoms with Crippen molar-refractivity contribution in [3.63, 3.8) is 0 Å². The van der Waals surface area contributed by atoms with Gasteiger partial charge in [0.2, 0.25) is 11.9 Å². The van der Waals surface area contributed by atoms with Crippen LogP contribution in [0.5, 0.6) is 11.5 Å². The minimum atomic E-state index is -0.673. The fourth-order valence-corrected chi connectivity index (χ4v) is 3.14. The molecule has 0 amide bonds. The van der Waals surface area contributed by atoms with Crippen molar-refractivity contribution in [2.45, 2.75) is 0 Å². The summed E-state index contributed by atoms with van der Waals surface area (Å²) in [6, 6.07) is 21.0. The molecule has 4 aromatic rings. The molecule has 0 aliphatic rings. The zero-order chi connectivity index (χ0) is 25.5. The van der Waals surface area contributed by atoms with E-state index in [1.54, 1.807) is 12.1 Å². The number of anilines is 3. The standard InChI is InChI=1S/C26H19FN6O3/c1-35-22-14-16(7-12-21(22)36-24(34)17-8-10-19(27)11-9-17)13-18(15-28)23-31-25(29)33-26(32-23)30-20-5-3-2-4-6-20/h2-14H,1H3,(H3,29,30,31,32,33). The number of para-hydroxylation sites is 1. The Morgan fingerprint density at radius 1 is 1.03 bits per heavy atom. The van der Waals surface area contributed by atoms with Gasteiger partial charge in [0, 0.05) is 5.69 Å². The number of nitriles is 1. The number of methoxy groups -OCH3 is 1. The lowest BCUT2D eigenvalue weighted by molar-refractivity contribution is 0.0729. The predicted molar refractivity (Wildman–Crippen MR) is 132 cm³/mol. The van der Waals surface area contributed by atoms with E-state index in [0.717, 1.165) is 5.69 Å². The van der Waals surface area contributed by atoms with Crippen molar-refractivity contribution in [3.05, 3.63) is 95.6 Å². The summed E-state index contributed by atoms with van der Waals surface area (Å²) in [4.78, 5) is 24.8. The molecule has 0 fully saturated rings. The number of hydrogen-bond acceptors (Lipinski definition) is 9. The second-order valence-corrected chi connectivity index (χ2v) is 7.31. The zero-order valence-corrected chi connectivity index (χ0v) is 19.0. The molecular formula is C26H19FN6O3. The van der Waals surface area contributed by atoms with Crippen molar-refractivity contribution in [3.8, 4) is 17.6 Å². The van der Waals surface area contributed by atoms with Crippen LogP contribution in [0.1, 0.15) is 21.7 Å². The van der Waals surface area contributed by atoms with E-state index in [9.17, 15) is 14.4 Å². The van der Waals surface area contributed by atoms with Crippen LogP contribution in [-0.2, 0) is 0 Å². The number of esters is 1. The van der Waals surface area contributed by atoms with Crippen molar-refractivity contribution in [1.82, 2.24) is 15.0 Å². The number of rotatable bonds is 7. The van der Waals surface area contributed by atoms with E-state index in [1.807, 2.05) is 30.3 Å². The molecule has 0 aliphatic heterocycles. The van der Waals surface area contributed by atoms with Crippen LogP contribution in [0.15, 0.2) is 72.8 Å². The topological polar surface area (TPSA) is 136 Å². The number of ether oxygens (including phenoxy) is 2. The first-order chi connectivity index (χ1) is 17.4. The maximum atomic E-state index is 13.1. The van der Waals surface area contributed by atoms with Crippen LogP contribution in [0.25, 0.3) is 11.6 Å². The van der Waals surface area contributed by atoms with E-state index in [2.05, 4.69) is 26.3 Å². The molecule has 9 nitrogen and oxygen atoms in total. The minimum Gasteiger partial charge on any atom is -0.493 e. The lowest BCUT2D eigenvalue weighted by atomic mass is 10.1. The van der Waals surface area contributed by atoms with Gasteiger partial charge in [0.05, 0.1) is 18.2 Å². The number of nitrogen functional groups attached to an aromatic ring is 1. The molecule has 0 spiro atoms. The number of nitrogens with zero attached hydrogens (tertiary/aromatic N) is 4. The number of carbonyl (C=O) groups is 1. The molecular weight excluding hydrogens is 463 g/mol. The Bertz CT molecular complexity index is 1470. The summed E-state index contributed by atoms with van der Waals surface area (Å²) in [5.41, 5.74) is 7.44. The van der Waals surface area contributed by atoms with Crippen LogP contribution in [0, 0.1) is 17.1 Å². The van der Waals surface area contributed by atoms with E-state index in [0.29, 0.717) is 5.56 Å². The number of carbonyl (C=O) groups excluding carboxylic acids is 1. The van der Waals surface area contributed by atoms with Gasteiger partial charge in [-0.05, 0) is 60.2 Å². The van der Waals surface area contributed by atoms with Crippen LogP contribution >= 0.6 is 0 Å². The number of allylic oxidation sites excluding steroid dienone is 1. The Morgan fingerprint density at radius 2 is 1.78 bits per heavy atom. The van der Waals surface area contributed by atoms with Crippen LogP contribution < -0.4 is 20.5 Å². The van der Waals surface area contributed by atoms with Gasteiger partial charge in [-0.15, -0.1) is 0 Å². The second kappa shape index (κ2) is 10.8. The third-order valence-corrected chi connectivity index (χ3v) is 4.83. The Hall–Kier alpha value is -5.30. The summed E-state index contributed by atoms with van der Waals surface area (Å²) in [7, 11) is 1.41. The van der Waals surface area contributed by atoms with Gasteiger partial charge in [-0.3, -0.25) is 0 Å². The molecule has 36 heavy (non-hydrogen) atoms. The maximum absolute atomic E-state index is 13.1. The number of hydrogen-bond donors (Lipinski definition) is 2. The van der Waals surface area contributed by atoms with Crippen LogP contribution in [0.3, 0.4) is 0 Å². The lowest BCUT2D eigenvalue weighted by Crippen LogP contribution is -2.09. The fourth-order valence-electron chi connectivity index (χ4n) is 3.14. The summed E-state index contributed by atoms with van der Waals surface area (Å²) >= 11 is 0. The Labute approximate surface area is 205 Å². The van der Waals surface area contributed by atoms with E-state index in [-0.39, 0.29) is 40.4 Å². The van der Waals surface area contributed by atoms with Gasteiger partial charge in [0.25, 0.3) is 0 Å². The SMILES string of the molecule is COc1cc(C=C(C#N)c2nc(N)nc(Nc3ccccc3)n2)ccc1OC(=O)c1ccc(F)cc1. The van der Waals surface area contributed by atoms with Crippen LogP contribution in [0.4, 0.5) is 22.0 Å². The Morgan fingerprint density at radius 3 is 2.47 bits per heavy atom. The average molecular weight is 482 g/mol. The first-order valence-electron chi connectivity index (χ1n) is 10.6. The smallest absolute Gasteiger partial charge is 0.343 e. The molecule has 0 aliphatic carbocycles. The number of halogens is 1. The monoisotopic (exact) mass is 482 g/mol. The normalized spacial score (nSPS) is 10.9. The molecule has 0 saturated carbocycles. The van der Waals surface area contributed by atoms with Crippen molar-refractivity contribution in [2.24, 2.45) is 0 Å². The molecule has 0 radical (unpaired) electrons. The molecule has 0 bridgehead atoms. The highest BCUT2D eigenvalue weighted by Crippen LogP contribution is 2.30. The number of nitrogens with one attached hydrogen (secondary N) is 1. The molecule has 3 aromatic carbocycles. The quantitative estimate of drug-likeness (QED) is 0.219. The highest BCUT2D eigenvalue weighted by atomic mass is 19.1. The Kier molecular flexibility index (Phi) is 7.12. The molecule has 0 unspecified atom stereocenters. The van der Waals surface area contributed by atoms with Crippen molar-refractivity contribution in [1.29, 1.82) is 5.26 Å². The van der Waals surface area contributed by atoms with Crippen molar-refractivity contribution < 1.29 is 18.7 Å². The third-order valence-electron chi connectivity index (χ3n) is 4.83. The first-order valence-corrected chi connectivity index (χ1v) is 10.6. The Balaban J connectivity index is 1.59. The van der Waals surface area contributed by atoms with Gasteiger partial charge < -0.3 is 20.5 Å². The summed E-state index contributed by atoms with van der Waals surface area (Å²) in [5, 5.41) is 12.8. The van der Waals surface area contributed by atoms with E-state index < -0.39 is 11.8 Å². The molecule has 3 N–H and O–H groups in total. The lowest BCUT2D eigenvalue weighted by Gasteiger charge is -2.10. The number of aromatic nitrogens is 3. The highest BCUT2D eigenvalue weighted by molar-refractivity contribution is 5.91. The van der Waals surface area contributed by atoms with Crippen LogP contribution in [-0.4, -0.2) is 28.0 Å². The average Bonchev–Trinajstić information content (AvgIpc) is 2.88. The van der Waals surface area contributed by atoms with Gasteiger partial charge in [0.15, 0.2) is 17.3 Å². The maximum Gasteiger partial charge on any atom is 0.343 e. The van der Waals surface area contributed by atoms with Gasteiger partial charge in [-0.1, -0.05) is 24.3 Å². The molecule has 0 atom stereocenters. The van der Waals surface area contributed by atoms with Crippen molar-refractivity contribution in [2.75, 3.05) is 18.2 Å². The van der Waals surface area contributed by atoms with Gasteiger partial charge >= 0.3 is 5.97 Å². The fraction of sp³-hybridized carbons (Fsp3) is 0.0385. The zero-order valence-electron chi connectivity index (χ0n) is 19.0. The molecule has 4 rings (SSSR count). The van der Waals surface area contributed by atoms with Gasteiger partial charge in [-0.25, -0.2) is 9.18 Å². The van der Waals surface area contributed by atoms with Crippen LogP contribution in [0.2, 0.25) is 0 Å². The van der Waals surface area contributed by atoms with Gasteiger partial charge in [0.1, 0.15) is 11.9 Å². The second-order valence-electron chi connectivity index (χ2n) is 7.31. The third kappa shape index (κ3) is 5.78. The summed E-state index contributed by atoms with van der Waals surface area (Å²) in [6.07, 6.45) is 1.54. The predicted octanol–water partition coefficient (Wildman–Crippen LogP) is 4.63. The van der Waals surface area contributed by atoms with E-state index in [1.165, 1.54) is 43.5 Å². The largest absolute Gasteiger partial charge is 0.493 e. The minimum absolute atomic E-state index is 0.0554. The first kappa shape index (κ1) is 23.8. The van der Waals surface area contributed by atoms with E-state index >= 15 is 0 Å². The molecule has 10 heteroatoms.